The second-order valence-corrected chi connectivity index (χ2v) is 7.19. The zero-order valence-electron chi connectivity index (χ0n) is 16.5. The molecule has 0 radical (unpaired) electrons. The van der Waals surface area contributed by atoms with Crippen molar-refractivity contribution in [2.45, 2.75) is 26.1 Å². The Bertz CT molecular complexity index is 1040. The van der Waals surface area contributed by atoms with Crippen LogP contribution < -0.4 is 5.32 Å². The summed E-state index contributed by atoms with van der Waals surface area (Å²) in [4.78, 5) is 23.8. The van der Waals surface area contributed by atoms with Crippen molar-refractivity contribution >= 4 is 12.2 Å². The minimum atomic E-state index is -4.44. The van der Waals surface area contributed by atoms with E-state index in [1.807, 2.05) is 19.9 Å². The van der Waals surface area contributed by atoms with Crippen molar-refractivity contribution in [3.8, 4) is 0 Å². The van der Waals surface area contributed by atoms with Crippen LogP contribution in [0.5, 0.6) is 0 Å². The van der Waals surface area contributed by atoms with E-state index in [1.165, 1.54) is 12.1 Å². The molecule has 3 rings (SSSR count). The van der Waals surface area contributed by atoms with Crippen LogP contribution in [-0.2, 0) is 6.18 Å². The molecule has 0 heterocycles. The number of carbonyl (C=O) groups excluding carboxylic acids is 2. The zero-order valence-corrected chi connectivity index (χ0v) is 16.5. The van der Waals surface area contributed by atoms with Crippen molar-refractivity contribution in [3.63, 3.8) is 0 Å². The van der Waals surface area contributed by atoms with Gasteiger partial charge in [0, 0.05) is 11.1 Å². The highest BCUT2D eigenvalue weighted by Crippen LogP contribution is 2.31. The molecule has 3 aromatic carbocycles. The Kier molecular flexibility index (Phi) is 6.06. The summed E-state index contributed by atoms with van der Waals surface area (Å²) in [5.74, 6) is -0.342. The summed E-state index contributed by atoms with van der Waals surface area (Å²) in [6.45, 7) is 3.77. The fraction of sp³-hybridized carbons (Fsp3) is 0.167. The molecule has 154 valence electrons. The number of halogens is 3. The van der Waals surface area contributed by atoms with E-state index in [4.69, 9.17) is 0 Å². The second kappa shape index (κ2) is 8.53. The minimum absolute atomic E-state index is 0.342. The van der Waals surface area contributed by atoms with Crippen LogP contribution in [-0.4, -0.2) is 12.2 Å². The van der Waals surface area contributed by atoms with Crippen molar-refractivity contribution in [1.29, 1.82) is 0 Å². The topological polar surface area (TPSA) is 46.2 Å². The summed E-state index contributed by atoms with van der Waals surface area (Å²) >= 11 is 0. The molecule has 6 heteroatoms. The summed E-state index contributed by atoms with van der Waals surface area (Å²) in [6, 6.07) is 16.0. The smallest absolute Gasteiger partial charge is 0.341 e. The van der Waals surface area contributed by atoms with Crippen molar-refractivity contribution in [2.24, 2.45) is 0 Å². The maximum Gasteiger partial charge on any atom is 0.416 e. The molecule has 0 aliphatic heterocycles. The van der Waals surface area contributed by atoms with E-state index in [2.05, 4.69) is 5.32 Å². The van der Waals surface area contributed by atoms with Gasteiger partial charge in [-0.05, 0) is 49.2 Å². The molecule has 0 saturated carbocycles. The van der Waals surface area contributed by atoms with Gasteiger partial charge >= 0.3 is 6.18 Å². The number of hydrogen-bond donors (Lipinski definition) is 1. The van der Waals surface area contributed by atoms with Crippen LogP contribution in [0.1, 0.15) is 54.6 Å². The first-order valence-electron chi connectivity index (χ1n) is 9.29. The molecule has 0 aliphatic carbocycles. The molecule has 0 saturated heterocycles. The number of rotatable bonds is 5. The molecule has 0 aliphatic rings. The first kappa shape index (κ1) is 21.3. The van der Waals surface area contributed by atoms with Gasteiger partial charge in [-0.1, -0.05) is 53.6 Å². The van der Waals surface area contributed by atoms with E-state index in [-0.39, 0.29) is 5.91 Å². The number of hydrogen-bond acceptors (Lipinski definition) is 2. The van der Waals surface area contributed by atoms with Crippen LogP contribution in [0.2, 0.25) is 0 Å². The summed E-state index contributed by atoms with van der Waals surface area (Å²) < 4.78 is 38.8. The maximum absolute atomic E-state index is 12.9. The van der Waals surface area contributed by atoms with Gasteiger partial charge < -0.3 is 5.32 Å². The van der Waals surface area contributed by atoms with Crippen molar-refractivity contribution in [3.05, 3.63) is 106 Å². The Morgan fingerprint density at radius 2 is 1.37 bits per heavy atom. The normalized spacial score (nSPS) is 12.3. The monoisotopic (exact) mass is 411 g/mol. The molecule has 1 atom stereocenters. The minimum Gasteiger partial charge on any atom is -0.341 e. The van der Waals surface area contributed by atoms with E-state index in [1.54, 1.807) is 36.4 Å². The van der Waals surface area contributed by atoms with E-state index < -0.39 is 17.8 Å². The van der Waals surface area contributed by atoms with Gasteiger partial charge in [-0.25, -0.2) is 0 Å². The van der Waals surface area contributed by atoms with Gasteiger partial charge in [-0.15, -0.1) is 0 Å². The van der Waals surface area contributed by atoms with Crippen LogP contribution in [0.25, 0.3) is 0 Å². The number of aldehydes is 1. The number of benzene rings is 3. The molecular weight excluding hydrogens is 391 g/mol. The number of alkyl halides is 3. The molecule has 1 amide bonds. The van der Waals surface area contributed by atoms with Crippen molar-refractivity contribution in [1.82, 2.24) is 5.32 Å². The molecular formula is C24H20F3NO2. The van der Waals surface area contributed by atoms with Gasteiger partial charge in [0.15, 0.2) is 0 Å². The van der Waals surface area contributed by atoms with Gasteiger partial charge in [-0.2, -0.15) is 13.2 Å². The number of nitrogens with one attached hydrogen (secondary N) is 1. The van der Waals surface area contributed by atoms with E-state index in [0.29, 0.717) is 28.5 Å². The first-order valence-corrected chi connectivity index (χ1v) is 9.29. The van der Waals surface area contributed by atoms with Crippen molar-refractivity contribution < 1.29 is 22.8 Å². The van der Waals surface area contributed by atoms with Crippen LogP contribution in [0.3, 0.4) is 0 Å². The van der Waals surface area contributed by atoms with E-state index in [0.717, 1.165) is 23.3 Å². The van der Waals surface area contributed by atoms with Gasteiger partial charge in [0.05, 0.1) is 11.6 Å². The maximum atomic E-state index is 12.9. The summed E-state index contributed by atoms with van der Waals surface area (Å²) in [6.07, 6.45) is -3.74. The SMILES string of the molecule is Cc1cc(C)cc(C(=O)NC(c2ccc(C=O)cc2)c2ccc(C(F)(F)F)cc2)c1. The molecule has 3 aromatic rings. The lowest BCUT2D eigenvalue weighted by molar-refractivity contribution is -0.137. The van der Waals surface area contributed by atoms with Crippen LogP contribution >= 0.6 is 0 Å². The van der Waals surface area contributed by atoms with Gasteiger partial charge in [-0.3, -0.25) is 9.59 Å². The summed E-state index contributed by atoms with van der Waals surface area (Å²) in [7, 11) is 0. The van der Waals surface area contributed by atoms with Gasteiger partial charge in [0.1, 0.15) is 6.29 Å². The fourth-order valence-corrected chi connectivity index (χ4v) is 3.31. The molecule has 0 bridgehead atoms. The molecule has 0 aromatic heterocycles. The lowest BCUT2D eigenvalue weighted by Gasteiger charge is -2.21. The quantitative estimate of drug-likeness (QED) is 0.551. The molecule has 0 fully saturated rings. The Morgan fingerprint density at radius 1 is 0.867 bits per heavy atom. The van der Waals surface area contributed by atoms with E-state index >= 15 is 0 Å². The Balaban J connectivity index is 1.98. The largest absolute Gasteiger partial charge is 0.416 e. The molecule has 0 spiro atoms. The van der Waals surface area contributed by atoms with Gasteiger partial charge in [0.25, 0.3) is 5.91 Å². The number of carbonyl (C=O) groups is 2. The second-order valence-electron chi connectivity index (χ2n) is 7.19. The highest BCUT2D eigenvalue weighted by atomic mass is 19.4. The lowest BCUT2D eigenvalue weighted by Crippen LogP contribution is -2.29. The van der Waals surface area contributed by atoms with Gasteiger partial charge in [0.2, 0.25) is 0 Å². The lowest BCUT2D eigenvalue weighted by atomic mass is 9.96. The van der Waals surface area contributed by atoms with Crippen LogP contribution in [0.4, 0.5) is 13.2 Å². The van der Waals surface area contributed by atoms with E-state index in [9.17, 15) is 22.8 Å². The highest BCUT2D eigenvalue weighted by Gasteiger charge is 2.30. The Hall–Kier alpha value is -3.41. The predicted molar refractivity (Wildman–Crippen MR) is 108 cm³/mol. The van der Waals surface area contributed by atoms with Crippen LogP contribution in [0, 0.1) is 13.8 Å². The standard InChI is InChI=1S/C24H20F3NO2/c1-15-11-16(2)13-20(12-15)23(30)28-22(18-5-3-17(14-29)4-6-18)19-7-9-21(10-8-19)24(25,26)27/h3-14,22H,1-2H3,(H,28,30). The molecule has 3 nitrogen and oxygen atoms in total. The summed E-state index contributed by atoms with van der Waals surface area (Å²) in [5.41, 5.74) is 3.18. The molecule has 30 heavy (non-hydrogen) atoms. The fourth-order valence-electron chi connectivity index (χ4n) is 3.31. The predicted octanol–water partition coefficient (Wildman–Crippen LogP) is 5.65. The third kappa shape index (κ3) is 4.95. The van der Waals surface area contributed by atoms with Crippen molar-refractivity contribution in [2.75, 3.05) is 0 Å². The number of amides is 1. The average Bonchev–Trinajstić information content (AvgIpc) is 2.71. The average molecular weight is 411 g/mol. The third-order valence-electron chi connectivity index (χ3n) is 4.74. The summed E-state index contributed by atoms with van der Waals surface area (Å²) in [5, 5.41) is 2.91. The third-order valence-corrected chi connectivity index (χ3v) is 4.74. The Morgan fingerprint density at radius 3 is 1.83 bits per heavy atom. The highest BCUT2D eigenvalue weighted by molar-refractivity contribution is 5.95. The first-order chi connectivity index (χ1) is 14.2. The van der Waals surface area contributed by atoms with Crippen LogP contribution in [0.15, 0.2) is 66.7 Å². The Labute approximate surface area is 172 Å². The molecule has 1 unspecified atom stereocenters. The number of aryl methyl sites for hydroxylation is 2. The zero-order chi connectivity index (χ0) is 21.9. The molecule has 1 N–H and O–H groups in total.